The Morgan fingerprint density at radius 3 is 2.62 bits per heavy atom. The van der Waals surface area contributed by atoms with Gasteiger partial charge in [-0.05, 0) is 43.2 Å². The number of aromatic nitrogens is 3. The van der Waals surface area contributed by atoms with Crippen molar-refractivity contribution in [2.75, 3.05) is 76.4 Å². The smallest absolute Gasteiger partial charge is 0.248 e. The summed E-state index contributed by atoms with van der Waals surface area (Å²) in [5.41, 5.74) is 2.56. The molecule has 1 aromatic heterocycles. The summed E-state index contributed by atoms with van der Waals surface area (Å²) in [7, 11) is 1.67. The molecule has 47 heavy (non-hydrogen) atoms. The highest BCUT2D eigenvalue weighted by Crippen LogP contribution is 2.35. The van der Waals surface area contributed by atoms with Crippen LogP contribution in [0.4, 0.5) is 21.7 Å². The molecule has 1 amide bonds. The maximum absolute atomic E-state index is 14.8. The fourth-order valence-corrected chi connectivity index (χ4v) is 6.42. The van der Waals surface area contributed by atoms with Crippen molar-refractivity contribution in [1.82, 2.24) is 24.8 Å². The lowest BCUT2D eigenvalue weighted by molar-refractivity contribution is -0.138. The highest BCUT2D eigenvalue weighted by atomic mass is 19.1. The molecule has 2 atom stereocenters. The molecule has 4 heterocycles. The van der Waals surface area contributed by atoms with E-state index in [1.807, 2.05) is 18.2 Å². The van der Waals surface area contributed by atoms with E-state index < -0.39 is 24.8 Å². The number of piperidine rings is 2. The number of anilines is 3. The second kappa shape index (κ2) is 14.9. The Kier molecular flexibility index (Phi) is 10.3. The van der Waals surface area contributed by atoms with Crippen LogP contribution in [-0.2, 0) is 9.53 Å². The number of likely N-dealkylation sites (tertiary alicyclic amines) is 1. The second-order valence-electron chi connectivity index (χ2n) is 11.8. The predicted octanol–water partition coefficient (Wildman–Crippen LogP) is 2.77. The number of nitrogens with zero attached hydrogens (tertiary/aromatic N) is 7. The van der Waals surface area contributed by atoms with Crippen molar-refractivity contribution in [3.8, 4) is 29.0 Å². The molecule has 2 aromatic carbocycles. The molecule has 3 fully saturated rings. The SMILES string of the molecule is COc1cc(Nc2ncnc(-c3ccc(O[C@H]4CCN(C(=O)CO)C[C@H]4F)c(C#N)c3)n2)ccc1N1CCC(N2CCOCC2)CC1. The van der Waals surface area contributed by atoms with E-state index in [-0.39, 0.29) is 30.8 Å². The van der Waals surface area contributed by atoms with Crippen LogP contribution in [0.25, 0.3) is 11.4 Å². The molecule has 2 N–H and O–H groups in total. The largest absolute Gasteiger partial charge is 0.495 e. The number of benzene rings is 2. The number of amides is 1. The standard InChI is InChI=1S/C33H39FN8O5/c1-45-30-17-24(3-4-27(30)41-9-6-25(7-10-41)40-12-14-46-15-13-40)38-33-37-21-36-32(39-33)22-2-5-28(23(16-22)18-35)47-29-8-11-42(19-26(29)34)31(44)20-43/h2-5,16-17,21,25-26,29,43H,6-15,19-20H2,1H3,(H,36,37,38,39)/t26-,29+/m1/s1. The number of nitrogens with one attached hydrogen (secondary N) is 1. The number of aliphatic hydroxyl groups excluding tert-OH is 1. The summed E-state index contributed by atoms with van der Waals surface area (Å²) in [6.07, 6.45) is 1.54. The topological polar surface area (TPSA) is 149 Å². The van der Waals surface area contributed by atoms with E-state index in [4.69, 9.17) is 19.3 Å². The van der Waals surface area contributed by atoms with E-state index in [1.165, 1.54) is 11.2 Å². The van der Waals surface area contributed by atoms with Crippen molar-refractivity contribution in [2.24, 2.45) is 0 Å². The Morgan fingerprint density at radius 2 is 1.89 bits per heavy atom. The molecule has 0 saturated carbocycles. The van der Waals surface area contributed by atoms with Gasteiger partial charge in [0.2, 0.25) is 11.9 Å². The van der Waals surface area contributed by atoms with Crippen LogP contribution in [0.5, 0.6) is 11.5 Å². The number of aliphatic hydroxyl groups is 1. The zero-order valence-electron chi connectivity index (χ0n) is 26.3. The number of hydrogen-bond acceptors (Lipinski definition) is 12. The zero-order chi connectivity index (χ0) is 32.8. The van der Waals surface area contributed by atoms with E-state index >= 15 is 0 Å². The number of methoxy groups -OCH3 is 1. The molecule has 0 unspecified atom stereocenters. The molecular weight excluding hydrogens is 607 g/mol. The first kappa shape index (κ1) is 32.4. The molecule has 0 aliphatic carbocycles. The molecule has 14 heteroatoms. The van der Waals surface area contributed by atoms with E-state index in [1.54, 1.807) is 25.3 Å². The number of carbonyl (C=O) groups excluding carboxylic acids is 1. The van der Waals surface area contributed by atoms with E-state index in [0.717, 1.165) is 69.4 Å². The first-order valence-electron chi connectivity index (χ1n) is 15.9. The number of morpholine rings is 1. The van der Waals surface area contributed by atoms with Gasteiger partial charge in [-0.25, -0.2) is 14.4 Å². The van der Waals surface area contributed by atoms with Crippen LogP contribution in [0.2, 0.25) is 0 Å². The highest BCUT2D eigenvalue weighted by molar-refractivity contribution is 5.77. The number of nitriles is 1. The summed E-state index contributed by atoms with van der Waals surface area (Å²) in [6, 6.07) is 13.5. The highest BCUT2D eigenvalue weighted by Gasteiger charge is 2.33. The van der Waals surface area contributed by atoms with Gasteiger partial charge in [0.1, 0.15) is 36.6 Å². The summed E-state index contributed by atoms with van der Waals surface area (Å²) in [5, 5.41) is 22.1. The van der Waals surface area contributed by atoms with Crippen molar-refractivity contribution in [1.29, 1.82) is 5.26 Å². The van der Waals surface area contributed by atoms with E-state index in [9.17, 15) is 14.4 Å². The molecule has 13 nitrogen and oxygen atoms in total. The third-order valence-electron chi connectivity index (χ3n) is 8.98. The van der Waals surface area contributed by atoms with Gasteiger partial charge in [-0.1, -0.05) is 0 Å². The van der Waals surface area contributed by atoms with Gasteiger partial charge in [0.25, 0.3) is 0 Å². The number of carbonyl (C=O) groups is 1. The summed E-state index contributed by atoms with van der Waals surface area (Å²) in [4.78, 5) is 31.0. The number of hydrogen-bond donors (Lipinski definition) is 2. The number of ether oxygens (including phenoxy) is 3. The van der Waals surface area contributed by atoms with Gasteiger partial charge in [-0.3, -0.25) is 9.69 Å². The maximum Gasteiger partial charge on any atom is 0.248 e. The summed E-state index contributed by atoms with van der Waals surface area (Å²) in [5.74, 6) is 1.13. The molecule has 3 aliphatic rings. The minimum atomic E-state index is -1.46. The molecule has 6 rings (SSSR count). The lowest BCUT2D eigenvalue weighted by Crippen LogP contribution is -2.50. The molecule has 3 saturated heterocycles. The molecule has 248 valence electrons. The molecule has 3 aliphatic heterocycles. The Hall–Kier alpha value is -4.58. The van der Waals surface area contributed by atoms with Gasteiger partial charge >= 0.3 is 0 Å². The average molecular weight is 647 g/mol. The zero-order valence-corrected chi connectivity index (χ0v) is 26.3. The minimum Gasteiger partial charge on any atom is -0.495 e. The number of rotatable bonds is 9. The Balaban J connectivity index is 1.10. The van der Waals surface area contributed by atoms with Gasteiger partial charge in [-0.15, -0.1) is 0 Å². The van der Waals surface area contributed by atoms with Crippen molar-refractivity contribution >= 4 is 23.2 Å². The predicted molar refractivity (Wildman–Crippen MR) is 171 cm³/mol. The van der Waals surface area contributed by atoms with Crippen LogP contribution >= 0.6 is 0 Å². The van der Waals surface area contributed by atoms with Gasteiger partial charge in [-0.2, -0.15) is 10.2 Å². The van der Waals surface area contributed by atoms with Gasteiger partial charge in [0.15, 0.2) is 12.0 Å². The quantitative estimate of drug-likeness (QED) is 0.352. The minimum absolute atomic E-state index is 0.173. The van der Waals surface area contributed by atoms with Crippen LogP contribution in [-0.4, -0.2) is 120 Å². The van der Waals surface area contributed by atoms with Crippen LogP contribution in [0.1, 0.15) is 24.8 Å². The van der Waals surface area contributed by atoms with Gasteiger partial charge in [0.05, 0.1) is 38.1 Å². The lowest BCUT2D eigenvalue weighted by Gasteiger charge is -2.41. The Bertz CT molecular complexity index is 1590. The second-order valence-corrected chi connectivity index (χ2v) is 11.8. The Morgan fingerprint density at radius 1 is 1.09 bits per heavy atom. The van der Waals surface area contributed by atoms with Gasteiger partial charge < -0.3 is 34.4 Å². The van der Waals surface area contributed by atoms with Crippen molar-refractivity contribution < 1.29 is 28.5 Å². The van der Waals surface area contributed by atoms with Crippen LogP contribution in [0.15, 0.2) is 42.7 Å². The Labute approximate surface area is 272 Å². The molecule has 0 spiro atoms. The third kappa shape index (κ3) is 7.54. The molecule has 3 aromatic rings. The fraction of sp³-hybridized carbons (Fsp3) is 0.485. The first-order valence-corrected chi connectivity index (χ1v) is 15.9. The molecular formula is C33H39FN8O5. The maximum atomic E-state index is 14.8. The van der Waals surface area contributed by atoms with Crippen molar-refractivity contribution in [3.05, 3.63) is 48.3 Å². The average Bonchev–Trinajstić information content (AvgIpc) is 3.12. The molecule has 0 radical (unpaired) electrons. The third-order valence-corrected chi connectivity index (χ3v) is 8.98. The normalized spacial score (nSPS) is 20.8. The lowest BCUT2D eigenvalue weighted by atomic mass is 10.0. The number of alkyl halides is 1. The van der Waals surface area contributed by atoms with Gasteiger partial charge in [0, 0.05) is 62.5 Å². The van der Waals surface area contributed by atoms with E-state index in [2.05, 4.69) is 36.1 Å². The van der Waals surface area contributed by atoms with Crippen LogP contribution < -0.4 is 19.7 Å². The van der Waals surface area contributed by atoms with E-state index in [0.29, 0.717) is 23.4 Å². The summed E-state index contributed by atoms with van der Waals surface area (Å²) >= 11 is 0. The molecule has 0 bridgehead atoms. The van der Waals surface area contributed by atoms with Crippen LogP contribution in [0.3, 0.4) is 0 Å². The summed E-state index contributed by atoms with van der Waals surface area (Å²) in [6.45, 7) is 4.97. The van der Waals surface area contributed by atoms with Crippen molar-refractivity contribution in [3.63, 3.8) is 0 Å². The first-order chi connectivity index (χ1) is 22.9. The monoisotopic (exact) mass is 646 g/mol. The van der Waals surface area contributed by atoms with Crippen LogP contribution in [0, 0.1) is 11.3 Å². The number of halogens is 1. The fourth-order valence-electron chi connectivity index (χ4n) is 6.42. The summed E-state index contributed by atoms with van der Waals surface area (Å²) < 4.78 is 32.0. The van der Waals surface area contributed by atoms with Crippen molar-refractivity contribution in [2.45, 2.75) is 37.6 Å².